The van der Waals surface area contributed by atoms with Crippen LogP contribution in [0.4, 0.5) is 4.39 Å². The number of para-hydroxylation sites is 1. The molecule has 0 saturated carbocycles. The molecule has 1 aliphatic heterocycles. The van der Waals surface area contributed by atoms with E-state index in [9.17, 15) is 9.18 Å². The molecule has 0 aliphatic carbocycles. The van der Waals surface area contributed by atoms with Crippen LogP contribution >= 0.6 is 0 Å². The molecule has 2 aromatic carbocycles. The summed E-state index contributed by atoms with van der Waals surface area (Å²) >= 11 is 0. The number of fused-ring (bicyclic) bond motifs is 5. The van der Waals surface area contributed by atoms with Gasteiger partial charge in [0.1, 0.15) is 5.82 Å². The van der Waals surface area contributed by atoms with Crippen LogP contribution in [0.15, 0.2) is 42.5 Å². The van der Waals surface area contributed by atoms with E-state index in [1.807, 2.05) is 30.3 Å². The summed E-state index contributed by atoms with van der Waals surface area (Å²) in [6.07, 6.45) is 2.64. The standard InChI is InChI=1S/C18H14FNO/c19-15-8-3-5-12-6-4-10-20-16-9-2-1-7-13(16)14(11-21)18(20)17(12)15/h1-3,5,7-9,11H,4,6,10H2. The Balaban J connectivity index is 2.20. The maximum Gasteiger partial charge on any atom is 0.152 e. The van der Waals surface area contributed by atoms with Gasteiger partial charge in [0, 0.05) is 28.6 Å². The predicted molar refractivity (Wildman–Crippen MR) is 81.0 cm³/mol. The minimum Gasteiger partial charge on any atom is -0.340 e. The summed E-state index contributed by atoms with van der Waals surface area (Å²) in [6.45, 7) is 0.803. The van der Waals surface area contributed by atoms with Crippen molar-refractivity contribution in [3.8, 4) is 11.3 Å². The first-order valence-electron chi connectivity index (χ1n) is 7.15. The van der Waals surface area contributed by atoms with E-state index in [1.165, 1.54) is 6.07 Å². The summed E-state index contributed by atoms with van der Waals surface area (Å²) in [5.74, 6) is -0.249. The Bertz CT molecular complexity index is 863. The van der Waals surface area contributed by atoms with Crippen LogP contribution in [0.5, 0.6) is 0 Å². The quantitative estimate of drug-likeness (QED) is 0.612. The van der Waals surface area contributed by atoms with E-state index in [1.54, 1.807) is 6.07 Å². The van der Waals surface area contributed by atoms with E-state index in [2.05, 4.69) is 4.57 Å². The normalized spacial score (nSPS) is 13.6. The van der Waals surface area contributed by atoms with Gasteiger partial charge in [-0.25, -0.2) is 4.39 Å². The van der Waals surface area contributed by atoms with Crippen LogP contribution in [0.3, 0.4) is 0 Å². The molecule has 4 rings (SSSR count). The number of carbonyl (C=O) groups is 1. The first-order chi connectivity index (χ1) is 10.3. The number of rotatable bonds is 1. The van der Waals surface area contributed by atoms with Gasteiger partial charge in [0.05, 0.1) is 5.69 Å². The Labute approximate surface area is 121 Å². The fraction of sp³-hybridized carbons (Fsp3) is 0.167. The molecule has 0 radical (unpaired) electrons. The zero-order valence-electron chi connectivity index (χ0n) is 11.5. The Kier molecular flexibility index (Phi) is 2.67. The number of benzene rings is 2. The summed E-state index contributed by atoms with van der Waals surface area (Å²) < 4.78 is 16.5. The molecule has 0 unspecified atom stereocenters. The van der Waals surface area contributed by atoms with E-state index < -0.39 is 0 Å². The van der Waals surface area contributed by atoms with E-state index >= 15 is 0 Å². The van der Waals surface area contributed by atoms with Crippen molar-refractivity contribution in [2.75, 3.05) is 0 Å². The van der Waals surface area contributed by atoms with Gasteiger partial charge in [-0.1, -0.05) is 30.3 Å². The molecular weight excluding hydrogens is 265 g/mol. The fourth-order valence-electron chi connectivity index (χ4n) is 3.42. The molecule has 1 aliphatic rings. The van der Waals surface area contributed by atoms with Crippen molar-refractivity contribution < 1.29 is 9.18 Å². The topological polar surface area (TPSA) is 22.0 Å². The number of nitrogens with zero attached hydrogens (tertiary/aromatic N) is 1. The Morgan fingerprint density at radius 3 is 2.81 bits per heavy atom. The highest BCUT2D eigenvalue weighted by Crippen LogP contribution is 2.38. The maximum atomic E-state index is 14.4. The minimum atomic E-state index is -0.249. The van der Waals surface area contributed by atoms with Crippen LogP contribution in [0, 0.1) is 5.82 Å². The number of hydrogen-bond acceptors (Lipinski definition) is 1. The van der Waals surface area contributed by atoms with Crippen molar-refractivity contribution in [3.63, 3.8) is 0 Å². The highest BCUT2D eigenvalue weighted by molar-refractivity contribution is 6.05. The SMILES string of the molecule is O=Cc1c2n(c3ccccc13)CCCc1cccc(F)c1-2. The lowest BCUT2D eigenvalue weighted by Gasteiger charge is -2.10. The molecule has 0 amide bonds. The van der Waals surface area contributed by atoms with Gasteiger partial charge < -0.3 is 4.57 Å². The number of carbonyl (C=O) groups excluding carboxylic acids is 1. The zero-order chi connectivity index (χ0) is 14.4. The number of aldehydes is 1. The van der Waals surface area contributed by atoms with Gasteiger partial charge in [0.2, 0.25) is 0 Å². The molecule has 0 spiro atoms. The van der Waals surface area contributed by atoms with Crippen LogP contribution in [0.25, 0.3) is 22.2 Å². The van der Waals surface area contributed by atoms with Gasteiger partial charge in [0.15, 0.2) is 6.29 Å². The number of aryl methyl sites for hydroxylation is 2. The predicted octanol–water partition coefficient (Wildman–Crippen LogP) is 4.21. The average Bonchev–Trinajstić information content (AvgIpc) is 2.68. The molecule has 3 aromatic rings. The van der Waals surface area contributed by atoms with Crippen LogP contribution in [0.2, 0.25) is 0 Å². The van der Waals surface area contributed by atoms with Crippen molar-refractivity contribution in [2.24, 2.45) is 0 Å². The number of aromatic nitrogens is 1. The lowest BCUT2D eigenvalue weighted by atomic mass is 9.98. The van der Waals surface area contributed by atoms with Crippen molar-refractivity contribution in [3.05, 3.63) is 59.4 Å². The molecule has 0 N–H and O–H groups in total. The highest BCUT2D eigenvalue weighted by atomic mass is 19.1. The molecule has 3 heteroatoms. The van der Waals surface area contributed by atoms with Crippen LogP contribution in [0.1, 0.15) is 22.3 Å². The second kappa shape index (κ2) is 4.55. The van der Waals surface area contributed by atoms with Crippen LogP contribution < -0.4 is 0 Å². The summed E-state index contributed by atoms with van der Waals surface area (Å²) in [6, 6.07) is 13.0. The number of halogens is 1. The third-order valence-corrected chi connectivity index (χ3v) is 4.29. The van der Waals surface area contributed by atoms with Gasteiger partial charge in [0.25, 0.3) is 0 Å². The third kappa shape index (κ3) is 1.67. The highest BCUT2D eigenvalue weighted by Gasteiger charge is 2.24. The molecule has 2 heterocycles. The summed E-state index contributed by atoms with van der Waals surface area (Å²) in [4.78, 5) is 11.7. The van der Waals surface area contributed by atoms with E-state index in [-0.39, 0.29) is 5.82 Å². The van der Waals surface area contributed by atoms with Crippen molar-refractivity contribution in [1.29, 1.82) is 0 Å². The third-order valence-electron chi connectivity index (χ3n) is 4.29. The molecule has 1 aromatic heterocycles. The zero-order valence-corrected chi connectivity index (χ0v) is 11.5. The molecule has 2 nitrogen and oxygen atoms in total. The van der Waals surface area contributed by atoms with Gasteiger partial charge >= 0.3 is 0 Å². The lowest BCUT2D eigenvalue weighted by molar-refractivity contribution is 0.112. The maximum absolute atomic E-state index is 14.4. The summed E-state index contributed by atoms with van der Waals surface area (Å²) in [5, 5.41) is 0.901. The number of hydrogen-bond donors (Lipinski definition) is 0. The van der Waals surface area contributed by atoms with Crippen molar-refractivity contribution >= 4 is 17.2 Å². The van der Waals surface area contributed by atoms with Crippen molar-refractivity contribution in [2.45, 2.75) is 19.4 Å². The van der Waals surface area contributed by atoms with Gasteiger partial charge in [-0.15, -0.1) is 0 Å². The molecule has 21 heavy (non-hydrogen) atoms. The van der Waals surface area contributed by atoms with Crippen LogP contribution in [-0.4, -0.2) is 10.9 Å². The van der Waals surface area contributed by atoms with Crippen molar-refractivity contribution in [1.82, 2.24) is 4.57 Å². The second-order valence-corrected chi connectivity index (χ2v) is 5.43. The minimum absolute atomic E-state index is 0.249. The Morgan fingerprint density at radius 1 is 1.10 bits per heavy atom. The monoisotopic (exact) mass is 279 g/mol. The van der Waals surface area contributed by atoms with E-state index in [4.69, 9.17) is 0 Å². The van der Waals surface area contributed by atoms with Gasteiger partial charge in [-0.3, -0.25) is 4.79 Å². The van der Waals surface area contributed by atoms with Gasteiger partial charge in [-0.05, 0) is 30.5 Å². The molecular formula is C18H14FNO. The molecule has 0 bridgehead atoms. The average molecular weight is 279 g/mol. The molecule has 0 fully saturated rings. The van der Waals surface area contributed by atoms with E-state index in [0.29, 0.717) is 11.1 Å². The second-order valence-electron chi connectivity index (χ2n) is 5.43. The fourth-order valence-corrected chi connectivity index (χ4v) is 3.42. The molecule has 0 atom stereocenters. The summed E-state index contributed by atoms with van der Waals surface area (Å²) in [5.41, 5.74) is 3.91. The lowest BCUT2D eigenvalue weighted by Crippen LogP contribution is -1.99. The van der Waals surface area contributed by atoms with Crippen LogP contribution in [-0.2, 0) is 13.0 Å². The van der Waals surface area contributed by atoms with Gasteiger partial charge in [-0.2, -0.15) is 0 Å². The van der Waals surface area contributed by atoms with E-state index in [0.717, 1.165) is 47.8 Å². The summed E-state index contributed by atoms with van der Waals surface area (Å²) in [7, 11) is 0. The Morgan fingerprint density at radius 2 is 1.95 bits per heavy atom. The first-order valence-corrected chi connectivity index (χ1v) is 7.15. The smallest absolute Gasteiger partial charge is 0.152 e. The largest absolute Gasteiger partial charge is 0.340 e. The first kappa shape index (κ1) is 12.3. The molecule has 104 valence electrons. The molecule has 0 saturated heterocycles. The Hall–Kier alpha value is -2.42.